The Balaban J connectivity index is 1.43. The Bertz CT molecular complexity index is 745. The van der Waals surface area contributed by atoms with Crippen molar-refractivity contribution >= 4 is 34.0 Å². The molecule has 1 heterocycles. The third kappa shape index (κ3) is 1.69. The van der Waals surface area contributed by atoms with Crippen LogP contribution in [-0.4, -0.2) is 23.0 Å². The molecule has 116 valence electrons. The highest BCUT2D eigenvalue weighted by Gasteiger charge is 2.73. The second-order valence-electron chi connectivity index (χ2n) is 7.01. The third-order valence-corrected chi connectivity index (χ3v) is 6.55. The zero-order valence-corrected chi connectivity index (χ0v) is 13.9. The minimum atomic E-state index is -0.179. The molecule has 0 aromatic heterocycles. The number of benzene rings is 1. The van der Waals surface area contributed by atoms with E-state index >= 15 is 0 Å². The van der Waals surface area contributed by atoms with Gasteiger partial charge < -0.3 is 0 Å². The van der Waals surface area contributed by atoms with E-state index in [0.29, 0.717) is 0 Å². The second kappa shape index (κ2) is 4.41. The van der Waals surface area contributed by atoms with Crippen LogP contribution in [-0.2, 0) is 9.59 Å². The van der Waals surface area contributed by atoms with Gasteiger partial charge in [0.25, 0.3) is 11.8 Å². The second-order valence-corrected chi connectivity index (χ2v) is 7.92. The zero-order valence-electron chi connectivity index (χ0n) is 12.4. The molecular weight excluding hydrogens is 356 g/mol. The summed E-state index contributed by atoms with van der Waals surface area (Å²) < 4.78 is 0.981. The molecule has 1 saturated heterocycles. The van der Waals surface area contributed by atoms with Gasteiger partial charge >= 0.3 is 0 Å². The first kappa shape index (κ1) is 13.7. The summed E-state index contributed by atoms with van der Waals surface area (Å²) in [4.78, 5) is 25.5. The van der Waals surface area contributed by atoms with Crippen LogP contribution in [0.15, 0.2) is 46.0 Å². The number of hydrazone groups is 1. The number of hydrogen-bond acceptors (Lipinski definition) is 3. The number of imide groups is 1. The molecule has 3 aliphatic carbocycles. The summed E-state index contributed by atoms with van der Waals surface area (Å²) in [5.74, 6) is -0.0826. The van der Waals surface area contributed by atoms with Gasteiger partial charge in [-0.1, -0.05) is 40.2 Å². The van der Waals surface area contributed by atoms with Gasteiger partial charge in [-0.25, -0.2) is 0 Å². The van der Waals surface area contributed by atoms with E-state index in [4.69, 9.17) is 0 Å². The minimum absolute atomic E-state index is 0.114. The number of nitrogens with zero attached hydrogens (tertiary/aromatic N) is 2. The van der Waals surface area contributed by atoms with E-state index in [2.05, 4.69) is 33.2 Å². The fourth-order valence-corrected chi connectivity index (χ4v) is 5.11. The molecule has 2 amide bonds. The molecule has 4 aliphatic rings. The van der Waals surface area contributed by atoms with E-state index in [9.17, 15) is 9.59 Å². The van der Waals surface area contributed by atoms with Gasteiger partial charge in [0, 0.05) is 4.47 Å². The molecule has 1 aromatic rings. The maximum atomic E-state index is 12.7. The van der Waals surface area contributed by atoms with Crippen LogP contribution >= 0.6 is 15.9 Å². The van der Waals surface area contributed by atoms with Crippen molar-refractivity contribution in [2.24, 2.45) is 34.2 Å². The first-order valence-electron chi connectivity index (χ1n) is 7.97. The highest BCUT2D eigenvalue weighted by Crippen LogP contribution is 2.73. The largest absolute Gasteiger partial charge is 0.272 e. The Morgan fingerprint density at radius 2 is 1.61 bits per heavy atom. The molecule has 4 atom stereocenters. The standard InChI is InChI=1S/C18H15BrN2O2/c19-11-3-1-10(2-4-11)9-20-21-16(22)14-12-5-6-13(15(14)17(21)23)18(12)7-8-18/h1-6,9,12-15H,7-8H2/b20-9-/t12-,13+,14-,15-/m0/s1. The zero-order chi connectivity index (χ0) is 15.8. The number of rotatable bonds is 2. The van der Waals surface area contributed by atoms with Gasteiger partial charge in [-0.15, -0.1) is 0 Å². The molecule has 0 unspecified atom stereocenters. The SMILES string of the molecule is O=C1[C@@H]2[C@@H](C(=O)N1/N=C\c1ccc(Br)cc1)[C@@H]1C=C[C@H]2C12CC2. The third-order valence-electron chi connectivity index (χ3n) is 6.02. The lowest BCUT2D eigenvalue weighted by Crippen LogP contribution is -2.30. The molecule has 5 rings (SSSR count). The van der Waals surface area contributed by atoms with Crippen molar-refractivity contribution in [1.82, 2.24) is 5.01 Å². The molecule has 0 radical (unpaired) electrons. The highest BCUT2D eigenvalue weighted by molar-refractivity contribution is 9.10. The van der Waals surface area contributed by atoms with Crippen LogP contribution in [0.2, 0.25) is 0 Å². The topological polar surface area (TPSA) is 49.7 Å². The predicted molar refractivity (Wildman–Crippen MR) is 88.4 cm³/mol. The van der Waals surface area contributed by atoms with Gasteiger partial charge in [0.15, 0.2) is 0 Å². The first-order chi connectivity index (χ1) is 11.1. The maximum absolute atomic E-state index is 12.7. The number of allylic oxidation sites excluding steroid dienone is 2. The van der Waals surface area contributed by atoms with Crippen LogP contribution < -0.4 is 0 Å². The van der Waals surface area contributed by atoms with Crippen molar-refractivity contribution in [3.05, 3.63) is 46.5 Å². The minimum Gasteiger partial charge on any atom is -0.272 e. The van der Waals surface area contributed by atoms with Crippen molar-refractivity contribution in [2.75, 3.05) is 0 Å². The van der Waals surface area contributed by atoms with E-state index in [1.165, 1.54) is 0 Å². The Labute approximate surface area is 142 Å². The monoisotopic (exact) mass is 370 g/mol. The van der Waals surface area contributed by atoms with Crippen LogP contribution in [0.4, 0.5) is 0 Å². The molecule has 1 spiro atoms. The molecule has 3 fully saturated rings. The smallest absolute Gasteiger partial charge is 0.254 e. The number of carbonyl (C=O) groups excluding carboxylic acids is 2. The van der Waals surface area contributed by atoms with E-state index in [1.54, 1.807) is 6.21 Å². The molecule has 2 saturated carbocycles. The molecule has 4 nitrogen and oxygen atoms in total. The average Bonchev–Trinajstić information content (AvgIpc) is 3.15. The van der Waals surface area contributed by atoms with Gasteiger partial charge in [-0.2, -0.15) is 10.1 Å². The van der Waals surface area contributed by atoms with Crippen LogP contribution in [0.25, 0.3) is 0 Å². The van der Waals surface area contributed by atoms with E-state index in [0.717, 1.165) is 27.9 Å². The van der Waals surface area contributed by atoms with Crippen molar-refractivity contribution in [2.45, 2.75) is 12.8 Å². The van der Waals surface area contributed by atoms with E-state index in [1.807, 2.05) is 24.3 Å². The molecule has 5 heteroatoms. The molecule has 1 aliphatic heterocycles. The van der Waals surface area contributed by atoms with Gasteiger partial charge in [0.1, 0.15) is 0 Å². The number of halogens is 1. The molecule has 2 bridgehead atoms. The summed E-state index contributed by atoms with van der Waals surface area (Å²) in [6, 6.07) is 7.60. The number of hydrogen-bond donors (Lipinski definition) is 0. The fraction of sp³-hybridized carbons (Fsp3) is 0.389. The van der Waals surface area contributed by atoms with E-state index < -0.39 is 0 Å². The van der Waals surface area contributed by atoms with Gasteiger partial charge in [-0.05, 0) is 47.8 Å². The van der Waals surface area contributed by atoms with Crippen molar-refractivity contribution in [1.29, 1.82) is 0 Å². The Morgan fingerprint density at radius 1 is 1.04 bits per heavy atom. The molecular formula is C18H15BrN2O2. The van der Waals surface area contributed by atoms with Gasteiger partial charge in [0.2, 0.25) is 0 Å². The van der Waals surface area contributed by atoms with Crippen molar-refractivity contribution in [3.63, 3.8) is 0 Å². The quantitative estimate of drug-likeness (QED) is 0.456. The summed E-state index contributed by atoms with van der Waals surface area (Å²) in [6.07, 6.45) is 8.25. The number of amides is 2. The summed E-state index contributed by atoms with van der Waals surface area (Å²) in [5, 5.41) is 5.31. The average molecular weight is 371 g/mol. The number of fused-ring (bicyclic) bond motifs is 3. The Kier molecular flexibility index (Phi) is 2.62. The van der Waals surface area contributed by atoms with Crippen molar-refractivity contribution < 1.29 is 9.59 Å². The van der Waals surface area contributed by atoms with Crippen LogP contribution in [0.5, 0.6) is 0 Å². The van der Waals surface area contributed by atoms with Gasteiger partial charge in [-0.3, -0.25) is 9.59 Å². The molecule has 23 heavy (non-hydrogen) atoms. The lowest BCUT2D eigenvalue weighted by molar-refractivity contribution is -0.141. The van der Waals surface area contributed by atoms with Crippen LogP contribution in [0.1, 0.15) is 18.4 Å². The van der Waals surface area contributed by atoms with Gasteiger partial charge in [0.05, 0.1) is 18.1 Å². The molecule has 1 aromatic carbocycles. The van der Waals surface area contributed by atoms with Crippen molar-refractivity contribution in [3.8, 4) is 0 Å². The van der Waals surface area contributed by atoms with Crippen LogP contribution in [0.3, 0.4) is 0 Å². The number of carbonyl (C=O) groups is 2. The first-order valence-corrected chi connectivity index (χ1v) is 8.77. The summed E-state index contributed by atoms with van der Waals surface area (Å²) >= 11 is 3.38. The maximum Gasteiger partial charge on any atom is 0.254 e. The Hall–Kier alpha value is -1.75. The lowest BCUT2D eigenvalue weighted by Gasteiger charge is -2.18. The summed E-state index contributed by atoms with van der Waals surface area (Å²) in [5.41, 5.74) is 1.10. The Morgan fingerprint density at radius 3 is 2.13 bits per heavy atom. The van der Waals surface area contributed by atoms with Crippen LogP contribution in [0, 0.1) is 29.1 Å². The highest BCUT2D eigenvalue weighted by atomic mass is 79.9. The molecule has 0 N–H and O–H groups in total. The summed E-state index contributed by atoms with van der Waals surface area (Å²) in [7, 11) is 0. The lowest BCUT2D eigenvalue weighted by atomic mass is 9.85. The fourth-order valence-electron chi connectivity index (χ4n) is 4.85. The summed E-state index contributed by atoms with van der Waals surface area (Å²) in [6.45, 7) is 0. The van der Waals surface area contributed by atoms with E-state index in [-0.39, 0.29) is 40.9 Å². The predicted octanol–water partition coefficient (Wildman–Crippen LogP) is 2.98. The normalized spacial score (nSPS) is 35.8.